The Morgan fingerprint density at radius 2 is 1.74 bits per heavy atom. The second kappa shape index (κ2) is 6.84. The Kier molecular flexibility index (Phi) is 4.63. The maximum absolute atomic E-state index is 12.1. The fraction of sp³-hybridized carbons (Fsp3) is 0.222. The normalized spacial score (nSPS) is 14.0. The Labute approximate surface area is 139 Å². The monoisotopic (exact) mass is 328 g/mol. The maximum atomic E-state index is 12.1. The summed E-state index contributed by atoms with van der Waals surface area (Å²) >= 11 is 6.21. The highest BCUT2D eigenvalue weighted by molar-refractivity contribution is 6.34. The predicted molar refractivity (Wildman–Crippen MR) is 91.8 cm³/mol. The van der Waals surface area contributed by atoms with Gasteiger partial charge in [-0.25, -0.2) is 0 Å². The van der Waals surface area contributed by atoms with Crippen LogP contribution in [0.2, 0.25) is 5.02 Å². The number of nitrogens with one attached hydrogen (secondary N) is 2. The molecule has 23 heavy (non-hydrogen) atoms. The fourth-order valence-corrected chi connectivity index (χ4v) is 2.62. The van der Waals surface area contributed by atoms with Crippen LogP contribution in [0.25, 0.3) is 0 Å². The van der Waals surface area contributed by atoms with Crippen molar-refractivity contribution >= 4 is 34.8 Å². The van der Waals surface area contributed by atoms with E-state index in [2.05, 4.69) is 10.6 Å². The highest BCUT2D eigenvalue weighted by atomic mass is 35.5. The van der Waals surface area contributed by atoms with E-state index in [4.69, 9.17) is 11.6 Å². The maximum Gasteiger partial charge on any atom is 0.255 e. The zero-order chi connectivity index (χ0) is 16.2. The summed E-state index contributed by atoms with van der Waals surface area (Å²) in [5.74, 6) is -0.0709. The van der Waals surface area contributed by atoms with Crippen LogP contribution < -0.4 is 10.6 Å². The summed E-state index contributed by atoms with van der Waals surface area (Å²) in [6, 6.07) is 14.0. The highest BCUT2D eigenvalue weighted by Gasteiger charge is 2.25. The number of rotatable bonds is 4. The standard InChI is InChI=1S/C18H17ClN2O2/c19-15-11-14(20-17(22)13-7-4-8-13)9-10-16(15)21-18(23)12-5-2-1-3-6-12/h1-3,5-6,9-11,13H,4,7-8H2,(H,20,22)(H,21,23). The topological polar surface area (TPSA) is 58.2 Å². The SMILES string of the molecule is O=C(Nc1ccc(NC(=O)C2CCC2)cc1Cl)c1ccccc1. The molecule has 2 amide bonds. The van der Waals surface area contributed by atoms with Crippen LogP contribution in [0.3, 0.4) is 0 Å². The first-order valence-electron chi connectivity index (χ1n) is 7.60. The van der Waals surface area contributed by atoms with Crippen molar-refractivity contribution < 1.29 is 9.59 Å². The van der Waals surface area contributed by atoms with Gasteiger partial charge in [-0.05, 0) is 43.2 Å². The minimum atomic E-state index is -0.223. The van der Waals surface area contributed by atoms with E-state index in [0.29, 0.717) is 22.0 Å². The van der Waals surface area contributed by atoms with Gasteiger partial charge in [0.15, 0.2) is 0 Å². The summed E-state index contributed by atoms with van der Waals surface area (Å²) in [4.78, 5) is 24.1. The first-order chi connectivity index (χ1) is 11.1. The number of hydrogen-bond acceptors (Lipinski definition) is 2. The van der Waals surface area contributed by atoms with Crippen molar-refractivity contribution in [2.24, 2.45) is 5.92 Å². The molecule has 1 fully saturated rings. The molecule has 0 unspecified atom stereocenters. The molecule has 1 aliphatic rings. The second-order valence-electron chi connectivity index (χ2n) is 5.63. The van der Waals surface area contributed by atoms with Crippen LogP contribution in [0, 0.1) is 5.92 Å². The molecule has 0 radical (unpaired) electrons. The lowest BCUT2D eigenvalue weighted by atomic mass is 9.85. The summed E-state index contributed by atoms with van der Waals surface area (Å²) in [7, 11) is 0. The van der Waals surface area contributed by atoms with Crippen molar-refractivity contribution in [3.05, 3.63) is 59.1 Å². The van der Waals surface area contributed by atoms with Crippen molar-refractivity contribution in [2.75, 3.05) is 10.6 Å². The molecular weight excluding hydrogens is 312 g/mol. The van der Waals surface area contributed by atoms with Crippen LogP contribution in [0.15, 0.2) is 48.5 Å². The van der Waals surface area contributed by atoms with Crippen molar-refractivity contribution in [3.63, 3.8) is 0 Å². The van der Waals surface area contributed by atoms with Gasteiger partial charge in [-0.15, -0.1) is 0 Å². The van der Waals surface area contributed by atoms with Crippen LogP contribution in [0.5, 0.6) is 0 Å². The van der Waals surface area contributed by atoms with Gasteiger partial charge in [0.1, 0.15) is 0 Å². The summed E-state index contributed by atoms with van der Waals surface area (Å²) < 4.78 is 0. The van der Waals surface area contributed by atoms with Crippen molar-refractivity contribution in [3.8, 4) is 0 Å². The van der Waals surface area contributed by atoms with Crippen LogP contribution in [-0.4, -0.2) is 11.8 Å². The number of amides is 2. The van der Waals surface area contributed by atoms with E-state index in [1.165, 1.54) is 0 Å². The highest BCUT2D eigenvalue weighted by Crippen LogP contribution is 2.30. The van der Waals surface area contributed by atoms with E-state index in [9.17, 15) is 9.59 Å². The van der Waals surface area contributed by atoms with Gasteiger partial charge in [-0.3, -0.25) is 9.59 Å². The van der Waals surface area contributed by atoms with Gasteiger partial charge in [-0.1, -0.05) is 36.2 Å². The number of benzene rings is 2. The van der Waals surface area contributed by atoms with Crippen LogP contribution in [-0.2, 0) is 4.79 Å². The van der Waals surface area contributed by atoms with Crippen LogP contribution >= 0.6 is 11.6 Å². The van der Waals surface area contributed by atoms with E-state index >= 15 is 0 Å². The third-order valence-corrected chi connectivity index (χ3v) is 4.31. The van der Waals surface area contributed by atoms with E-state index in [0.717, 1.165) is 19.3 Å². The van der Waals surface area contributed by atoms with Gasteiger partial charge in [0, 0.05) is 17.2 Å². The predicted octanol–water partition coefficient (Wildman–Crippen LogP) is 4.33. The molecule has 2 aromatic rings. The first-order valence-corrected chi connectivity index (χ1v) is 7.98. The quantitative estimate of drug-likeness (QED) is 0.877. The van der Waals surface area contributed by atoms with E-state index in [1.807, 2.05) is 6.07 Å². The molecule has 0 aliphatic heterocycles. The van der Waals surface area contributed by atoms with Gasteiger partial charge in [0.2, 0.25) is 5.91 Å². The van der Waals surface area contributed by atoms with Crippen LogP contribution in [0.4, 0.5) is 11.4 Å². The minimum absolute atomic E-state index is 0.0355. The smallest absolute Gasteiger partial charge is 0.255 e. The lowest BCUT2D eigenvalue weighted by molar-refractivity contribution is -0.122. The number of carbonyl (C=O) groups is 2. The molecule has 2 N–H and O–H groups in total. The van der Waals surface area contributed by atoms with Gasteiger partial charge < -0.3 is 10.6 Å². The second-order valence-corrected chi connectivity index (χ2v) is 6.04. The Hall–Kier alpha value is -2.33. The Morgan fingerprint density at radius 1 is 1.00 bits per heavy atom. The van der Waals surface area contributed by atoms with E-state index in [1.54, 1.807) is 42.5 Å². The lowest BCUT2D eigenvalue weighted by Gasteiger charge is -2.24. The van der Waals surface area contributed by atoms with Gasteiger partial charge in [-0.2, -0.15) is 0 Å². The van der Waals surface area contributed by atoms with Gasteiger partial charge in [0.05, 0.1) is 10.7 Å². The summed E-state index contributed by atoms with van der Waals surface area (Å²) in [5.41, 5.74) is 1.72. The van der Waals surface area contributed by atoms with Gasteiger partial charge in [0.25, 0.3) is 5.91 Å². The Bertz CT molecular complexity index is 727. The molecule has 0 saturated heterocycles. The average Bonchev–Trinajstić information content (AvgIpc) is 2.49. The molecule has 2 aromatic carbocycles. The largest absolute Gasteiger partial charge is 0.326 e. The number of hydrogen-bond donors (Lipinski definition) is 2. The first kappa shape index (κ1) is 15.6. The molecule has 0 spiro atoms. The summed E-state index contributed by atoms with van der Waals surface area (Å²) in [6.07, 6.45) is 3.01. The zero-order valence-electron chi connectivity index (χ0n) is 12.5. The molecule has 5 heteroatoms. The third-order valence-electron chi connectivity index (χ3n) is 4.00. The van der Waals surface area contributed by atoms with Crippen molar-refractivity contribution in [2.45, 2.75) is 19.3 Å². The van der Waals surface area contributed by atoms with Crippen molar-refractivity contribution in [1.29, 1.82) is 0 Å². The van der Waals surface area contributed by atoms with Crippen molar-refractivity contribution in [1.82, 2.24) is 0 Å². The Balaban J connectivity index is 1.67. The molecule has 1 saturated carbocycles. The lowest BCUT2D eigenvalue weighted by Crippen LogP contribution is -2.28. The molecule has 3 rings (SSSR count). The molecular formula is C18H17ClN2O2. The molecule has 0 heterocycles. The summed E-state index contributed by atoms with van der Waals surface area (Å²) in [6.45, 7) is 0. The molecule has 0 bridgehead atoms. The molecule has 4 nitrogen and oxygen atoms in total. The van der Waals surface area contributed by atoms with Gasteiger partial charge >= 0.3 is 0 Å². The fourth-order valence-electron chi connectivity index (χ4n) is 2.39. The molecule has 1 aliphatic carbocycles. The summed E-state index contributed by atoms with van der Waals surface area (Å²) in [5, 5.41) is 6.02. The van der Waals surface area contributed by atoms with Crippen LogP contribution in [0.1, 0.15) is 29.6 Å². The molecule has 0 atom stereocenters. The number of anilines is 2. The zero-order valence-corrected chi connectivity index (χ0v) is 13.3. The van der Waals surface area contributed by atoms with E-state index < -0.39 is 0 Å². The molecule has 118 valence electrons. The number of carbonyl (C=O) groups excluding carboxylic acids is 2. The number of halogens is 1. The minimum Gasteiger partial charge on any atom is -0.326 e. The molecule has 0 aromatic heterocycles. The Morgan fingerprint density at radius 3 is 2.35 bits per heavy atom. The van der Waals surface area contributed by atoms with E-state index in [-0.39, 0.29) is 17.7 Å². The average molecular weight is 329 g/mol. The third kappa shape index (κ3) is 3.71.